The fourth-order valence-corrected chi connectivity index (χ4v) is 4.21. The molecule has 5 aromatic rings. The van der Waals surface area contributed by atoms with Gasteiger partial charge in [-0.15, -0.1) is 5.10 Å². The largest absolute Gasteiger partial charge is 0.494 e. The fourth-order valence-electron chi connectivity index (χ4n) is 4.21. The van der Waals surface area contributed by atoms with Crippen LogP contribution in [0.25, 0.3) is 16.5 Å². The SMILES string of the molecule is Cc1ccc(-n2c(O)c(/C=N/N=C(c3ccccc3)c3ccccc3)c3ccccc3c2=O)cc1C. The lowest BCUT2D eigenvalue weighted by Gasteiger charge is -2.14. The van der Waals surface area contributed by atoms with Crippen LogP contribution in [0.5, 0.6) is 5.88 Å². The van der Waals surface area contributed by atoms with E-state index in [-0.39, 0.29) is 11.4 Å². The highest BCUT2D eigenvalue weighted by atomic mass is 16.3. The average molecular weight is 472 g/mol. The lowest BCUT2D eigenvalue weighted by Crippen LogP contribution is -2.20. The predicted molar refractivity (Wildman–Crippen MR) is 147 cm³/mol. The Balaban J connectivity index is 1.69. The molecule has 0 aliphatic heterocycles. The number of hydrogen-bond acceptors (Lipinski definition) is 4. The van der Waals surface area contributed by atoms with Crippen molar-refractivity contribution < 1.29 is 5.11 Å². The van der Waals surface area contributed by atoms with Gasteiger partial charge in [-0.25, -0.2) is 4.57 Å². The molecule has 0 spiro atoms. The van der Waals surface area contributed by atoms with E-state index in [0.717, 1.165) is 22.3 Å². The first-order valence-electron chi connectivity index (χ1n) is 11.7. The first kappa shape index (κ1) is 23.0. The summed E-state index contributed by atoms with van der Waals surface area (Å²) in [6.07, 6.45) is 1.51. The van der Waals surface area contributed by atoms with E-state index in [1.54, 1.807) is 6.07 Å². The average Bonchev–Trinajstić information content (AvgIpc) is 2.91. The van der Waals surface area contributed by atoms with E-state index in [9.17, 15) is 9.90 Å². The molecule has 1 aromatic heterocycles. The van der Waals surface area contributed by atoms with Gasteiger partial charge in [0.05, 0.1) is 17.5 Å². The highest BCUT2D eigenvalue weighted by Crippen LogP contribution is 2.27. The maximum Gasteiger partial charge on any atom is 0.265 e. The van der Waals surface area contributed by atoms with Crippen LogP contribution in [0.2, 0.25) is 0 Å². The van der Waals surface area contributed by atoms with E-state index in [0.29, 0.717) is 27.7 Å². The number of nitrogens with zero attached hydrogens (tertiary/aromatic N) is 3. The normalized spacial score (nSPS) is 11.2. The van der Waals surface area contributed by atoms with Crippen molar-refractivity contribution in [2.24, 2.45) is 10.2 Å². The Bertz CT molecular complexity index is 1630. The van der Waals surface area contributed by atoms with E-state index < -0.39 is 0 Å². The summed E-state index contributed by atoms with van der Waals surface area (Å²) < 4.78 is 1.33. The Labute approximate surface area is 209 Å². The zero-order chi connectivity index (χ0) is 25.1. The van der Waals surface area contributed by atoms with E-state index in [4.69, 9.17) is 0 Å². The van der Waals surface area contributed by atoms with Gasteiger partial charge in [0.2, 0.25) is 5.88 Å². The Kier molecular flexibility index (Phi) is 6.29. The molecule has 176 valence electrons. The predicted octanol–water partition coefficient (Wildman–Crippen LogP) is 6.18. The van der Waals surface area contributed by atoms with Crippen LogP contribution in [0.15, 0.2) is 118 Å². The molecule has 0 saturated carbocycles. The second kappa shape index (κ2) is 9.84. The maximum atomic E-state index is 13.4. The number of fused-ring (bicyclic) bond motifs is 1. The standard InChI is InChI=1S/C31H25N3O2/c1-21-17-18-25(19-22(21)2)34-30(35)27-16-10-9-15-26(27)28(31(34)36)20-32-33-29(23-11-5-3-6-12-23)24-13-7-4-8-14-24/h3-20,36H,1-2H3/b32-20+. The smallest absolute Gasteiger partial charge is 0.265 e. The Hall–Kier alpha value is -4.77. The van der Waals surface area contributed by atoms with Gasteiger partial charge < -0.3 is 5.11 Å². The molecular weight excluding hydrogens is 446 g/mol. The molecule has 1 N–H and O–H groups in total. The number of rotatable bonds is 5. The van der Waals surface area contributed by atoms with Crippen molar-refractivity contribution in [2.75, 3.05) is 0 Å². The number of aryl methyl sites for hydroxylation is 2. The van der Waals surface area contributed by atoms with Crippen molar-refractivity contribution in [3.63, 3.8) is 0 Å². The molecule has 0 atom stereocenters. The quantitative estimate of drug-likeness (QED) is 0.246. The molecule has 0 fully saturated rings. The lowest BCUT2D eigenvalue weighted by atomic mass is 10.0. The van der Waals surface area contributed by atoms with Crippen LogP contribution in [0, 0.1) is 13.8 Å². The number of pyridine rings is 1. The zero-order valence-electron chi connectivity index (χ0n) is 20.1. The second-order valence-electron chi connectivity index (χ2n) is 8.62. The summed E-state index contributed by atoms with van der Waals surface area (Å²) in [6, 6.07) is 32.5. The minimum atomic E-state index is -0.290. The molecule has 0 amide bonds. The lowest BCUT2D eigenvalue weighted by molar-refractivity contribution is 0.436. The van der Waals surface area contributed by atoms with Crippen LogP contribution in [0.1, 0.15) is 27.8 Å². The van der Waals surface area contributed by atoms with Crippen molar-refractivity contribution in [3.05, 3.63) is 141 Å². The third-order valence-electron chi connectivity index (χ3n) is 6.29. The number of hydrogen-bond donors (Lipinski definition) is 1. The van der Waals surface area contributed by atoms with E-state index in [1.165, 1.54) is 10.8 Å². The maximum absolute atomic E-state index is 13.4. The van der Waals surface area contributed by atoms with Gasteiger partial charge in [-0.3, -0.25) is 4.79 Å². The molecule has 5 nitrogen and oxygen atoms in total. The third-order valence-corrected chi connectivity index (χ3v) is 6.29. The molecule has 0 radical (unpaired) electrons. The van der Waals surface area contributed by atoms with Crippen LogP contribution < -0.4 is 5.56 Å². The van der Waals surface area contributed by atoms with Gasteiger partial charge in [0.1, 0.15) is 5.71 Å². The fraction of sp³-hybridized carbons (Fsp3) is 0.0645. The van der Waals surface area contributed by atoms with Crippen LogP contribution in [0.4, 0.5) is 0 Å². The molecule has 5 heteroatoms. The Morgan fingerprint density at radius 3 is 1.94 bits per heavy atom. The van der Waals surface area contributed by atoms with Crippen molar-refractivity contribution in [3.8, 4) is 11.6 Å². The minimum Gasteiger partial charge on any atom is -0.494 e. The van der Waals surface area contributed by atoms with Gasteiger partial charge in [0.15, 0.2) is 0 Å². The first-order valence-corrected chi connectivity index (χ1v) is 11.7. The Morgan fingerprint density at radius 2 is 1.33 bits per heavy atom. The third kappa shape index (κ3) is 4.34. The summed E-state index contributed by atoms with van der Waals surface area (Å²) in [7, 11) is 0. The summed E-state index contributed by atoms with van der Waals surface area (Å²) in [4.78, 5) is 13.4. The summed E-state index contributed by atoms with van der Waals surface area (Å²) in [5.74, 6) is -0.179. The van der Waals surface area contributed by atoms with Crippen LogP contribution >= 0.6 is 0 Å². The number of benzene rings is 4. The second-order valence-corrected chi connectivity index (χ2v) is 8.62. The molecular formula is C31H25N3O2. The van der Waals surface area contributed by atoms with Gasteiger partial charge in [-0.2, -0.15) is 5.10 Å². The molecule has 5 rings (SSSR count). The van der Waals surface area contributed by atoms with Crippen LogP contribution in [-0.2, 0) is 0 Å². The minimum absolute atomic E-state index is 0.179. The summed E-state index contributed by atoms with van der Waals surface area (Å²) >= 11 is 0. The monoisotopic (exact) mass is 471 g/mol. The van der Waals surface area contributed by atoms with Crippen LogP contribution in [-0.4, -0.2) is 21.6 Å². The van der Waals surface area contributed by atoms with Gasteiger partial charge in [0, 0.05) is 21.9 Å². The van der Waals surface area contributed by atoms with Gasteiger partial charge >= 0.3 is 0 Å². The van der Waals surface area contributed by atoms with Crippen molar-refractivity contribution in [1.82, 2.24) is 4.57 Å². The number of aromatic nitrogens is 1. The molecule has 1 heterocycles. The Morgan fingerprint density at radius 1 is 0.750 bits per heavy atom. The highest BCUT2D eigenvalue weighted by molar-refractivity contribution is 6.13. The molecule has 0 bridgehead atoms. The molecule has 0 aliphatic rings. The molecule has 0 aliphatic carbocycles. The zero-order valence-corrected chi connectivity index (χ0v) is 20.1. The van der Waals surface area contributed by atoms with Gasteiger partial charge in [0.25, 0.3) is 5.56 Å². The van der Waals surface area contributed by atoms with Gasteiger partial charge in [-0.1, -0.05) is 84.9 Å². The number of aromatic hydroxyl groups is 1. The summed E-state index contributed by atoms with van der Waals surface area (Å²) in [5.41, 5.74) is 5.43. The van der Waals surface area contributed by atoms with Gasteiger partial charge in [-0.05, 0) is 43.2 Å². The summed E-state index contributed by atoms with van der Waals surface area (Å²) in [6.45, 7) is 3.99. The van der Waals surface area contributed by atoms with Crippen molar-refractivity contribution in [2.45, 2.75) is 13.8 Å². The molecule has 36 heavy (non-hydrogen) atoms. The summed E-state index contributed by atoms with van der Waals surface area (Å²) in [5, 5.41) is 21.3. The van der Waals surface area contributed by atoms with Crippen molar-refractivity contribution >= 4 is 22.7 Å². The van der Waals surface area contributed by atoms with E-state index in [2.05, 4.69) is 10.2 Å². The molecule has 4 aromatic carbocycles. The first-order chi connectivity index (χ1) is 17.5. The van der Waals surface area contributed by atoms with Crippen molar-refractivity contribution in [1.29, 1.82) is 0 Å². The highest BCUT2D eigenvalue weighted by Gasteiger charge is 2.17. The molecule has 0 unspecified atom stereocenters. The van der Waals surface area contributed by atoms with E-state index in [1.807, 2.05) is 111 Å². The van der Waals surface area contributed by atoms with Crippen LogP contribution in [0.3, 0.4) is 0 Å². The molecule has 0 saturated heterocycles. The van der Waals surface area contributed by atoms with E-state index >= 15 is 0 Å². The topological polar surface area (TPSA) is 66.9 Å².